The number of halogens is 1. The van der Waals surface area contributed by atoms with E-state index in [1.54, 1.807) is 36.4 Å². The molecule has 0 saturated carbocycles. The predicted molar refractivity (Wildman–Crippen MR) is 69.6 cm³/mol. The molecule has 3 nitrogen and oxygen atoms in total. The van der Waals surface area contributed by atoms with Gasteiger partial charge in [-0.05, 0) is 24.3 Å². The van der Waals surface area contributed by atoms with Crippen molar-refractivity contribution < 1.29 is 13.9 Å². The number of anilines is 1. The highest BCUT2D eigenvalue weighted by Gasteiger charge is 2.28. The van der Waals surface area contributed by atoms with Gasteiger partial charge in [0.1, 0.15) is 17.7 Å². The number of ether oxygens (including phenoxy) is 1. The standard InChI is InChI=1S/C15H12FNO2/c16-12-7-9(17)5-6-10(12)15-8-13(18)11-3-1-2-4-14(11)19-15/h1-7,15H,8,17H2. The van der Waals surface area contributed by atoms with E-state index in [2.05, 4.69) is 0 Å². The third kappa shape index (κ3) is 2.05. The van der Waals surface area contributed by atoms with Crippen LogP contribution in [0.5, 0.6) is 5.75 Å². The minimum absolute atomic E-state index is 0.0388. The van der Waals surface area contributed by atoms with Crippen LogP contribution >= 0.6 is 0 Å². The molecule has 1 aliphatic rings. The summed E-state index contributed by atoms with van der Waals surface area (Å²) < 4.78 is 19.6. The third-order valence-electron chi connectivity index (χ3n) is 3.20. The Kier molecular flexibility index (Phi) is 2.71. The Bertz CT molecular complexity index is 654. The summed E-state index contributed by atoms with van der Waals surface area (Å²) in [4.78, 5) is 12.0. The first-order valence-electron chi connectivity index (χ1n) is 5.99. The van der Waals surface area contributed by atoms with Gasteiger partial charge in [0.15, 0.2) is 5.78 Å². The van der Waals surface area contributed by atoms with Crippen molar-refractivity contribution in [2.24, 2.45) is 0 Å². The average Bonchev–Trinajstić information content (AvgIpc) is 2.38. The van der Waals surface area contributed by atoms with Crippen LogP contribution < -0.4 is 10.5 Å². The van der Waals surface area contributed by atoms with Crippen LogP contribution in [0.2, 0.25) is 0 Å². The maximum Gasteiger partial charge on any atom is 0.170 e. The Morgan fingerprint density at radius 1 is 1.21 bits per heavy atom. The quantitative estimate of drug-likeness (QED) is 0.798. The molecule has 0 bridgehead atoms. The fourth-order valence-corrected chi connectivity index (χ4v) is 2.25. The zero-order valence-corrected chi connectivity index (χ0v) is 10.1. The number of carbonyl (C=O) groups is 1. The monoisotopic (exact) mass is 257 g/mol. The summed E-state index contributed by atoms with van der Waals surface area (Å²) in [6, 6.07) is 11.4. The van der Waals surface area contributed by atoms with Gasteiger partial charge in [-0.3, -0.25) is 4.79 Å². The molecule has 2 aromatic rings. The molecule has 1 heterocycles. The van der Waals surface area contributed by atoms with Gasteiger partial charge in [0, 0.05) is 11.3 Å². The Hall–Kier alpha value is -2.36. The number of para-hydroxylation sites is 1. The van der Waals surface area contributed by atoms with Gasteiger partial charge in [-0.1, -0.05) is 18.2 Å². The van der Waals surface area contributed by atoms with E-state index >= 15 is 0 Å². The van der Waals surface area contributed by atoms with Gasteiger partial charge >= 0.3 is 0 Å². The average molecular weight is 257 g/mol. The third-order valence-corrected chi connectivity index (χ3v) is 3.20. The van der Waals surface area contributed by atoms with Crippen molar-refractivity contribution in [3.8, 4) is 5.75 Å². The molecule has 0 saturated heterocycles. The molecule has 2 aromatic carbocycles. The van der Waals surface area contributed by atoms with E-state index < -0.39 is 11.9 Å². The number of carbonyl (C=O) groups excluding carboxylic acids is 1. The number of ketones is 1. The molecule has 19 heavy (non-hydrogen) atoms. The molecular formula is C15H12FNO2. The number of Topliss-reactive ketones (excluding diaryl/α,β-unsaturated/α-hetero) is 1. The van der Waals surface area contributed by atoms with Gasteiger partial charge in [0.05, 0.1) is 12.0 Å². The van der Waals surface area contributed by atoms with Crippen molar-refractivity contribution in [2.75, 3.05) is 5.73 Å². The number of nitrogen functional groups attached to an aromatic ring is 1. The van der Waals surface area contributed by atoms with Gasteiger partial charge in [0.2, 0.25) is 0 Å². The SMILES string of the molecule is Nc1ccc(C2CC(=O)c3ccccc3O2)c(F)c1. The smallest absolute Gasteiger partial charge is 0.170 e. The van der Waals surface area contributed by atoms with Crippen LogP contribution in [0.1, 0.15) is 28.4 Å². The minimum atomic E-state index is -0.594. The summed E-state index contributed by atoms with van der Waals surface area (Å²) in [5.74, 6) is 0.0141. The Morgan fingerprint density at radius 3 is 2.79 bits per heavy atom. The Labute approximate surface area is 109 Å². The number of hydrogen-bond acceptors (Lipinski definition) is 3. The lowest BCUT2D eigenvalue weighted by Crippen LogP contribution is -2.21. The van der Waals surface area contributed by atoms with Gasteiger partial charge in [-0.2, -0.15) is 0 Å². The first-order valence-corrected chi connectivity index (χ1v) is 5.99. The van der Waals surface area contributed by atoms with Crippen LogP contribution in [0, 0.1) is 5.82 Å². The molecule has 0 amide bonds. The van der Waals surface area contributed by atoms with Crippen LogP contribution in [0.25, 0.3) is 0 Å². The fourth-order valence-electron chi connectivity index (χ4n) is 2.25. The Morgan fingerprint density at radius 2 is 2.00 bits per heavy atom. The predicted octanol–water partition coefficient (Wildman–Crippen LogP) is 3.11. The number of nitrogens with two attached hydrogens (primary N) is 1. The highest BCUT2D eigenvalue weighted by atomic mass is 19.1. The maximum absolute atomic E-state index is 13.9. The molecule has 2 N–H and O–H groups in total. The maximum atomic E-state index is 13.9. The summed E-state index contributed by atoms with van der Waals surface area (Å²) in [5, 5.41) is 0. The molecule has 1 aliphatic heterocycles. The molecule has 0 aromatic heterocycles. The Balaban J connectivity index is 1.99. The fraction of sp³-hybridized carbons (Fsp3) is 0.133. The van der Waals surface area contributed by atoms with Crippen LogP contribution in [-0.2, 0) is 0 Å². The molecule has 1 unspecified atom stereocenters. The van der Waals surface area contributed by atoms with E-state index in [-0.39, 0.29) is 12.2 Å². The first kappa shape index (κ1) is 11.7. The van der Waals surface area contributed by atoms with Crippen LogP contribution in [0.15, 0.2) is 42.5 Å². The zero-order valence-electron chi connectivity index (χ0n) is 10.1. The molecule has 96 valence electrons. The zero-order chi connectivity index (χ0) is 13.4. The van der Waals surface area contributed by atoms with Crippen molar-refractivity contribution in [2.45, 2.75) is 12.5 Å². The molecular weight excluding hydrogens is 245 g/mol. The number of benzene rings is 2. The highest BCUT2D eigenvalue weighted by molar-refractivity contribution is 5.99. The number of rotatable bonds is 1. The molecule has 0 aliphatic carbocycles. The van der Waals surface area contributed by atoms with E-state index in [1.165, 1.54) is 6.07 Å². The molecule has 0 fully saturated rings. The van der Waals surface area contributed by atoms with Gasteiger partial charge in [-0.15, -0.1) is 0 Å². The van der Waals surface area contributed by atoms with Crippen molar-refractivity contribution in [3.05, 3.63) is 59.4 Å². The largest absolute Gasteiger partial charge is 0.484 e. The van der Waals surface area contributed by atoms with E-state index in [9.17, 15) is 9.18 Å². The summed E-state index contributed by atoms with van der Waals surface area (Å²) >= 11 is 0. The molecule has 0 spiro atoms. The lowest BCUT2D eigenvalue weighted by atomic mass is 9.96. The molecule has 0 radical (unpaired) electrons. The summed E-state index contributed by atoms with van der Waals surface area (Å²) in [6.45, 7) is 0. The molecule has 3 rings (SSSR count). The van der Waals surface area contributed by atoms with Crippen molar-refractivity contribution in [3.63, 3.8) is 0 Å². The lowest BCUT2D eigenvalue weighted by molar-refractivity contribution is 0.0846. The van der Waals surface area contributed by atoms with Gasteiger partial charge in [0.25, 0.3) is 0 Å². The summed E-state index contributed by atoms with van der Waals surface area (Å²) in [5.41, 5.74) is 6.77. The van der Waals surface area contributed by atoms with Gasteiger partial charge in [-0.25, -0.2) is 4.39 Å². The number of hydrogen-bond donors (Lipinski definition) is 1. The van der Waals surface area contributed by atoms with E-state index in [0.717, 1.165) is 0 Å². The van der Waals surface area contributed by atoms with Crippen LogP contribution in [-0.4, -0.2) is 5.78 Å². The lowest BCUT2D eigenvalue weighted by Gasteiger charge is -2.25. The van der Waals surface area contributed by atoms with Crippen molar-refractivity contribution in [1.29, 1.82) is 0 Å². The van der Waals surface area contributed by atoms with Crippen LogP contribution in [0.3, 0.4) is 0 Å². The van der Waals surface area contributed by atoms with E-state index in [4.69, 9.17) is 10.5 Å². The minimum Gasteiger partial charge on any atom is -0.484 e. The second-order valence-corrected chi connectivity index (χ2v) is 4.51. The van der Waals surface area contributed by atoms with Crippen molar-refractivity contribution in [1.82, 2.24) is 0 Å². The van der Waals surface area contributed by atoms with Crippen LogP contribution in [0.4, 0.5) is 10.1 Å². The van der Waals surface area contributed by atoms with Gasteiger partial charge < -0.3 is 10.5 Å². The normalized spacial score (nSPS) is 17.7. The second-order valence-electron chi connectivity index (χ2n) is 4.51. The van der Waals surface area contributed by atoms with E-state index in [1.807, 2.05) is 0 Å². The molecule has 1 atom stereocenters. The highest BCUT2D eigenvalue weighted by Crippen LogP contribution is 2.35. The first-order chi connectivity index (χ1) is 9.15. The second kappa shape index (κ2) is 4.39. The molecule has 4 heteroatoms. The summed E-state index contributed by atoms with van der Waals surface area (Å²) in [7, 11) is 0. The topological polar surface area (TPSA) is 52.3 Å². The van der Waals surface area contributed by atoms with E-state index in [0.29, 0.717) is 22.6 Å². The summed E-state index contributed by atoms with van der Waals surface area (Å²) in [6.07, 6.45) is -0.458. The van der Waals surface area contributed by atoms with Crippen molar-refractivity contribution >= 4 is 11.5 Å². The number of fused-ring (bicyclic) bond motifs is 1.